The summed E-state index contributed by atoms with van der Waals surface area (Å²) in [6.07, 6.45) is 4.66. The first-order chi connectivity index (χ1) is 4.97. The fraction of sp³-hybridized carbons (Fsp3) is 0. The number of anilines is 1. The lowest BCUT2D eigenvalue weighted by molar-refractivity contribution is 1.04. The Bertz CT molecular complexity index is 268. The van der Waals surface area contributed by atoms with Gasteiger partial charge in [-0.25, -0.2) is 15.0 Å². The number of hydrogen-bond acceptors (Lipinski definition) is 5. The maximum absolute atomic E-state index is 3.97. The van der Waals surface area contributed by atoms with Crippen molar-refractivity contribution < 1.29 is 0 Å². The Hall–Kier alpha value is -1.65. The van der Waals surface area contributed by atoms with Crippen LogP contribution in [0.1, 0.15) is 0 Å². The van der Waals surface area contributed by atoms with Crippen molar-refractivity contribution in [3.8, 4) is 0 Å². The Morgan fingerprint density at radius 2 is 2.40 bits per heavy atom. The van der Waals surface area contributed by atoms with Gasteiger partial charge in [0.05, 0.1) is 6.20 Å². The van der Waals surface area contributed by atoms with Crippen LogP contribution in [-0.2, 0) is 0 Å². The van der Waals surface area contributed by atoms with E-state index in [0.29, 0.717) is 5.82 Å². The van der Waals surface area contributed by atoms with Crippen LogP contribution in [0.15, 0.2) is 17.5 Å². The average Bonchev–Trinajstić information content (AvgIpc) is 2.05. The molecular weight excluding hydrogens is 130 g/mol. The SMILES string of the molecule is C1=Nc2cncnc2NN1. The van der Waals surface area contributed by atoms with Crippen molar-refractivity contribution in [3.63, 3.8) is 0 Å². The maximum Gasteiger partial charge on any atom is 0.173 e. The van der Waals surface area contributed by atoms with Crippen molar-refractivity contribution in [2.24, 2.45) is 4.99 Å². The van der Waals surface area contributed by atoms with Crippen LogP contribution in [0.4, 0.5) is 11.5 Å². The fourth-order valence-electron chi connectivity index (χ4n) is 0.716. The van der Waals surface area contributed by atoms with Crippen molar-refractivity contribution >= 4 is 17.8 Å². The van der Waals surface area contributed by atoms with Crippen molar-refractivity contribution in [2.75, 3.05) is 5.43 Å². The molecule has 0 saturated heterocycles. The van der Waals surface area contributed by atoms with Crippen LogP contribution in [0.2, 0.25) is 0 Å². The number of nitrogens with zero attached hydrogens (tertiary/aromatic N) is 3. The number of rotatable bonds is 0. The highest BCUT2D eigenvalue weighted by Crippen LogP contribution is 2.19. The molecule has 0 aliphatic carbocycles. The highest BCUT2D eigenvalue weighted by Gasteiger charge is 2.02. The molecule has 0 saturated carbocycles. The average molecular weight is 135 g/mol. The summed E-state index contributed by atoms with van der Waals surface area (Å²) in [7, 11) is 0. The van der Waals surface area contributed by atoms with Crippen LogP contribution in [0.5, 0.6) is 0 Å². The molecule has 0 amide bonds. The molecular formula is C5H5N5. The molecule has 50 valence electrons. The van der Waals surface area contributed by atoms with E-state index in [0.717, 1.165) is 5.69 Å². The smallest absolute Gasteiger partial charge is 0.173 e. The molecule has 2 heterocycles. The van der Waals surface area contributed by atoms with Crippen molar-refractivity contribution in [2.45, 2.75) is 0 Å². The van der Waals surface area contributed by atoms with E-state index in [1.165, 1.54) is 6.33 Å². The predicted octanol–water partition coefficient (Wildman–Crippen LogP) is 0.0665. The van der Waals surface area contributed by atoms with Gasteiger partial charge >= 0.3 is 0 Å². The Morgan fingerprint density at radius 3 is 3.30 bits per heavy atom. The Balaban J connectivity index is 2.54. The van der Waals surface area contributed by atoms with Crippen molar-refractivity contribution in [3.05, 3.63) is 12.5 Å². The van der Waals surface area contributed by atoms with Gasteiger partial charge in [-0.2, -0.15) is 0 Å². The molecule has 0 bridgehead atoms. The topological polar surface area (TPSA) is 62.2 Å². The minimum atomic E-state index is 0.706. The van der Waals surface area contributed by atoms with Crippen LogP contribution in [0, 0.1) is 0 Å². The summed E-state index contributed by atoms with van der Waals surface area (Å²) in [5.74, 6) is 0.706. The molecule has 5 nitrogen and oxygen atoms in total. The normalized spacial score (nSPS) is 13.2. The van der Waals surface area contributed by atoms with Gasteiger partial charge in [0.15, 0.2) is 5.82 Å². The lowest BCUT2D eigenvalue weighted by Crippen LogP contribution is -2.22. The molecule has 0 unspecified atom stereocenters. The van der Waals surface area contributed by atoms with Crippen molar-refractivity contribution in [1.82, 2.24) is 15.4 Å². The molecule has 1 aliphatic heterocycles. The van der Waals surface area contributed by atoms with E-state index >= 15 is 0 Å². The van der Waals surface area contributed by atoms with E-state index in [9.17, 15) is 0 Å². The van der Waals surface area contributed by atoms with Gasteiger partial charge in [-0.05, 0) is 0 Å². The molecule has 10 heavy (non-hydrogen) atoms. The maximum atomic E-state index is 3.97. The lowest BCUT2D eigenvalue weighted by atomic mass is 10.5. The Morgan fingerprint density at radius 1 is 1.40 bits per heavy atom. The van der Waals surface area contributed by atoms with Crippen LogP contribution in [0.25, 0.3) is 0 Å². The number of aromatic nitrogens is 2. The third kappa shape index (κ3) is 0.680. The molecule has 0 fully saturated rings. The molecule has 1 aromatic heterocycles. The second kappa shape index (κ2) is 1.94. The first-order valence-electron chi connectivity index (χ1n) is 2.81. The minimum absolute atomic E-state index is 0.706. The second-order valence-corrected chi connectivity index (χ2v) is 1.78. The van der Waals surface area contributed by atoms with Gasteiger partial charge in [-0.1, -0.05) is 0 Å². The standard InChI is InChI=1S/C5H5N5/c1-4-5(8-2-6-1)10-9-3-7-4/h1-3H,(H,7,9)(H,6,8,10). The van der Waals surface area contributed by atoms with Gasteiger partial charge < -0.3 is 0 Å². The predicted molar refractivity (Wildman–Crippen MR) is 36.9 cm³/mol. The molecule has 0 aromatic carbocycles. The highest BCUT2D eigenvalue weighted by atomic mass is 15.4. The number of aliphatic imine (C=N–C) groups is 1. The number of nitrogens with one attached hydrogen (secondary N) is 2. The van der Waals surface area contributed by atoms with E-state index in [1.54, 1.807) is 12.5 Å². The molecule has 2 N–H and O–H groups in total. The summed E-state index contributed by atoms with van der Waals surface area (Å²) in [6.45, 7) is 0. The van der Waals surface area contributed by atoms with E-state index in [-0.39, 0.29) is 0 Å². The van der Waals surface area contributed by atoms with E-state index in [1.807, 2.05) is 0 Å². The third-order valence-corrected chi connectivity index (χ3v) is 1.15. The Kier molecular flexibility index (Phi) is 1.00. The van der Waals surface area contributed by atoms with Crippen LogP contribution in [0.3, 0.4) is 0 Å². The zero-order valence-corrected chi connectivity index (χ0v) is 5.07. The van der Waals surface area contributed by atoms with Gasteiger partial charge in [0.2, 0.25) is 0 Å². The van der Waals surface area contributed by atoms with Gasteiger partial charge in [-0.15, -0.1) is 0 Å². The summed E-state index contributed by atoms with van der Waals surface area (Å²) in [5.41, 5.74) is 6.27. The molecule has 2 rings (SSSR count). The summed E-state index contributed by atoms with van der Waals surface area (Å²) < 4.78 is 0. The summed E-state index contributed by atoms with van der Waals surface area (Å²) in [6, 6.07) is 0. The number of hydrazine groups is 1. The summed E-state index contributed by atoms with van der Waals surface area (Å²) in [4.78, 5) is 11.7. The quantitative estimate of drug-likeness (QED) is 0.528. The largest absolute Gasteiger partial charge is 0.289 e. The minimum Gasteiger partial charge on any atom is -0.289 e. The highest BCUT2D eigenvalue weighted by molar-refractivity contribution is 5.73. The zero-order valence-electron chi connectivity index (χ0n) is 5.07. The van der Waals surface area contributed by atoms with Crippen LogP contribution in [-0.4, -0.2) is 16.3 Å². The van der Waals surface area contributed by atoms with E-state index < -0.39 is 0 Å². The first kappa shape index (κ1) is 5.16. The van der Waals surface area contributed by atoms with Crippen LogP contribution >= 0.6 is 0 Å². The molecule has 1 aromatic rings. The van der Waals surface area contributed by atoms with Crippen molar-refractivity contribution in [1.29, 1.82) is 0 Å². The summed E-state index contributed by atoms with van der Waals surface area (Å²) in [5, 5.41) is 0. The molecule has 5 heteroatoms. The molecule has 1 aliphatic rings. The summed E-state index contributed by atoms with van der Waals surface area (Å²) >= 11 is 0. The molecule has 0 radical (unpaired) electrons. The van der Waals surface area contributed by atoms with Gasteiger partial charge in [0.1, 0.15) is 18.4 Å². The fourth-order valence-corrected chi connectivity index (χ4v) is 0.716. The monoisotopic (exact) mass is 135 g/mol. The van der Waals surface area contributed by atoms with Gasteiger partial charge in [-0.3, -0.25) is 10.9 Å². The third-order valence-electron chi connectivity index (χ3n) is 1.15. The van der Waals surface area contributed by atoms with Crippen LogP contribution < -0.4 is 10.9 Å². The Labute approximate surface area is 57.2 Å². The van der Waals surface area contributed by atoms with E-state index in [4.69, 9.17) is 0 Å². The number of fused-ring (bicyclic) bond motifs is 1. The molecule has 0 atom stereocenters. The first-order valence-corrected chi connectivity index (χ1v) is 2.81. The zero-order chi connectivity index (χ0) is 6.81. The van der Waals surface area contributed by atoms with E-state index in [2.05, 4.69) is 25.8 Å². The lowest BCUT2D eigenvalue weighted by Gasteiger charge is -2.09. The second-order valence-electron chi connectivity index (χ2n) is 1.78. The number of hydrogen-bond donors (Lipinski definition) is 2. The van der Waals surface area contributed by atoms with Gasteiger partial charge in [0, 0.05) is 0 Å². The van der Waals surface area contributed by atoms with Gasteiger partial charge in [0.25, 0.3) is 0 Å². The molecule has 0 spiro atoms.